The van der Waals surface area contributed by atoms with Crippen LogP contribution in [0, 0.1) is 0 Å². The van der Waals surface area contributed by atoms with Gasteiger partial charge in [0.05, 0.1) is 19.8 Å². The summed E-state index contributed by atoms with van der Waals surface area (Å²) in [4.78, 5) is 14.2. The fourth-order valence-electron chi connectivity index (χ4n) is 2.91. The largest absolute Gasteiger partial charge is 0.497 e. The SMILES string of the molecule is COc1ccc(CN(C)C(=O)C2(N)CCCC2)c(OC)c1.Cl. The summed E-state index contributed by atoms with van der Waals surface area (Å²) in [5.41, 5.74) is 6.49. The summed E-state index contributed by atoms with van der Waals surface area (Å²) >= 11 is 0. The Labute approximate surface area is 138 Å². The van der Waals surface area contributed by atoms with Gasteiger partial charge in [0, 0.05) is 25.2 Å². The number of nitrogens with two attached hydrogens (primary N) is 1. The average Bonchev–Trinajstić information content (AvgIpc) is 2.94. The Hall–Kier alpha value is -1.46. The van der Waals surface area contributed by atoms with E-state index in [0.29, 0.717) is 12.3 Å². The zero-order valence-corrected chi connectivity index (χ0v) is 14.2. The minimum absolute atomic E-state index is 0. The molecule has 6 heteroatoms. The number of methoxy groups -OCH3 is 2. The standard InChI is InChI=1S/C16H24N2O3.ClH/c1-18(15(19)16(17)8-4-5-9-16)11-12-6-7-13(20-2)10-14(12)21-3;/h6-7,10H,4-5,8-9,11,17H2,1-3H3;1H. The van der Waals surface area contributed by atoms with Crippen LogP contribution in [0.1, 0.15) is 31.2 Å². The van der Waals surface area contributed by atoms with Gasteiger partial charge in [0.25, 0.3) is 0 Å². The molecule has 0 atom stereocenters. The lowest BCUT2D eigenvalue weighted by atomic mass is 9.97. The summed E-state index contributed by atoms with van der Waals surface area (Å²) < 4.78 is 10.6. The molecule has 0 bridgehead atoms. The van der Waals surface area contributed by atoms with Crippen molar-refractivity contribution in [2.24, 2.45) is 5.73 Å². The predicted molar refractivity (Wildman–Crippen MR) is 88.7 cm³/mol. The van der Waals surface area contributed by atoms with Gasteiger partial charge in [-0.05, 0) is 25.0 Å². The third-order valence-electron chi connectivity index (χ3n) is 4.17. The zero-order chi connectivity index (χ0) is 15.5. The van der Waals surface area contributed by atoms with Crippen LogP contribution in [0.5, 0.6) is 11.5 Å². The molecule has 0 unspecified atom stereocenters. The average molecular weight is 329 g/mol. The van der Waals surface area contributed by atoms with Crippen LogP contribution in [-0.4, -0.2) is 37.6 Å². The van der Waals surface area contributed by atoms with E-state index in [9.17, 15) is 4.79 Å². The van der Waals surface area contributed by atoms with Crippen LogP contribution in [0.25, 0.3) is 0 Å². The first-order valence-electron chi connectivity index (χ1n) is 7.25. The number of benzene rings is 1. The van der Waals surface area contributed by atoms with E-state index in [1.807, 2.05) is 18.2 Å². The number of carbonyl (C=O) groups excluding carboxylic acids is 1. The van der Waals surface area contributed by atoms with Crippen LogP contribution < -0.4 is 15.2 Å². The molecule has 0 aromatic heterocycles. The van der Waals surface area contributed by atoms with E-state index in [2.05, 4.69) is 0 Å². The van der Waals surface area contributed by atoms with Gasteiger partial charge in [-0.1, -0.05) is 12.8 Å². The van der Waals surface area contributed by atoms with Crippen LogP contribution in [0.15, 0.2) is 18.2 Å². The molecule has 0 saturated heterocycles. The molecule has 1 aliphatic rings. The van der Waals surface area contributed by atoms with Gasteiger partial charge in [-0.3, -0.25) is 4.79 Å². The molecule has 124 valence electrons. The highest BCUT2D eigenvalue weighted by Gasteiger charge is 2.38. The quantitative estimate of drug-likeness (QED) is 0.901. The molecule has 1 aromatic carbocycles. The lowest BCUT2D eigenvalue weighted by Gasteiger charge is -2.29. The van der Waals surface area contributed by atoms with E-state index < -0.39 is 5.54 Å². The molecule has 1 fully saturated rings. The minimum atomic E-state index is -0.686. The lowest BCUT2D eigenvalue weighted by molar-refractivity contribution is -0.136. The number of nitrogens with zero attached hydrogens (tertiary/aromatic N) is 1. The van der Waals surface area contributed by atoms with Crippen molar-refractivity contribution in [3.63, 3.8) is 0 Å². The molecule has 5 nitrogen and oxygen atoms in total. The van der Waals surface area contributed by atoms with Crippen molar-refractivity contribution in [3.05, 3.63) is 23.8 Å². The van der Waals surface area contributed by atoms with Crippen LogP contribution >= 0.6 is 12.4 Å². The van der Waals surface area contributed by atoms with Crippen molar-refractivity contribution in [3.8, 4) is 11.5 Å². The number of ether oxygens (including phenoxy) is 2. The molecular weight excluding hydrogens is 304 g/mol. The van der Waals surface area contributed by atoms with Gasteiger partial charge >= 0.3 is 0 Å². The van der Waals surface area contributed by atoms with E-state index in [0.717, 1.165) is 37.0 Å². The maximum atomic E-state index is 12.5. The van der Waals surface area contributed by atoms with Crippen molar-refractivity contribution in [2.75, 3.05) is 21.3 Å². The van der Waals surface area contributed by atoms with Crippen LogP contribution in [-0.2, 0) is 11.3 Å². The van der Waals surface area contributed by atoms with Gasteiger partial charge in [-0.15, -0.1) is 12.4 Å². The topological polar surface area (TPSA) is 64.8 Å². The number of rotatable bonds is 5. The van der Waals surface area contributed by atoms with E-state index in [4.69, 9.17) is 15.2 Å². The van der Waals surface area contributed by atoms with E-state index >= 15 is 0 Å². The molecule has 0 radical (unpaired) electrons. The van der Waals surface area contributed by atoms with E-state index in [-0.39, 0.29) is 18.3 Å². The number of hydrogen-bond donors (Lipinski definition) is 1. The summed E-state index contributed by atoms with van der Waals surface area (Å²) in [5.74, 6) is 1.46. The van der Waals surface area contributed by atoms with Gasteiger partial charge in [-0.2, -0.15) is 0 Å². The Morgan fingerprint density at radius 1 is 1.27 bits per heavy atom. The number of halogens is 1. The number of carbonyl (C=O) groups is 1. The Morgan fingerprint density at radius 3 is 2.45 bits per heavy atom. The fourth-order valence-corrected chi connectivity index (χ4v) is 2.91. The van der Waals surface area contributed by atoms with Gasteiger partial charge < -0.3 is 20.1 Å². The molecule has 1 aromatic rings. The van der Waals surface area contributed by atoms with Gasteiger partial charge in [0.1, 0.15) is 11.5 Å². The summed E-state index contributed by atoms with van der Waals surface area (Å²) in [7, 11) is 5.02. The smallest absolute Gasteiger partial charge is 0.242 e. The van der Waals surface area contributed by atoms with Crippen molar-refractivity contribution in [2.45, 2.75) is 37.8 Å². The molecule has 0 spiro atoms. The summed E-state index contributed by atoms with van der Waals surface area (Å²) in [6.45, 7) is 0.477. The normalized spacial score (nSPS) is 15.8. The van der Waals surface area contributed by atoms with Crippen molar-refractivity contribution in [1.29, 1.82) is 0 Å². The second-order valence-electron chi connectivity index (χ2n) is 5.70. The molecule has 22 heavy (non-hydrogen) atoms. The number of hydrogen-bond acceptors (Lipinski definition) is 4. The van der Waals surface area contributed by atoms with Gasteiger partial charge in [0.15, 0.2) is 0 Å². The monoisotopic (exact) mass is 328 g/mol. The van der Waals surface area contributed by atoms with Crippen LogP contribution in [0.3, 0.4) is 0 Å². The molecule has 2 rings (SSSR count). The highest BCUT2D eigenvalue weighted by atomic mass is 35.5. The fraction of sp³-hybridized carbons (Fsp3) is 0.562. The van der Waals surface area contributed by atoms with Crippen molar-refractivity contribution in [1.82, 2.24) is 4.90 Å². The molecule has 1 aliphatic carbocycles. The minimum Gasteiger partial charge on any atom is -0.497 e. The first-order valence-corrected chi connectivity index (χ1v) is 7.25. The van der Waals surface area contributed by atoms with Crippen molar-refractivity contribution < 1.29 is 14.3 Å². The Morgan fingerprint density at radius 2 is 1.91 bits per heavy atom. The highest BCUT2D eigenvalue weighted by molar-refractivity contribution is 5.86. The highest BCUT2D eigenvalue weighted by Crippen LogP contribution is 2.30. The van der Waals surface area contributed by atoms with Gasteiger partial charge in [0.2, 0.25) is 5.91 Å². The maximum absolute atomic E-state index is 12.5. The Balaban J connectivity index is 0.00000242. The third-order valence-corrected chi connectivity index (χ3v) is 4.17. The molecule has 1 amide bonds. The van der Waals surface area contributed by atoms with Gasteiger partial charge in [-0.25, -0.2) is 0 Å². The van der Waals surface area contributed by atoms with E-state index in [1.54, 1.807) is 26.2 Å². The zero-order valence-electron chi connectivity index (χ0n) is 13.4. The molecule has 0 aliphatic heterocycles. The first kappa shape index (κ1) is 18.6. The second-order valence-corrected chi connectivity index (χ2v) is 5.70. The van der Waals surface area contributed by atoms with E-state index in [1.165, 1.54) is 0 Å². The molecular formula is C16H25ClN2O3. The first-order chi connectivity index (χ1) is 10.00. The molecule has 1 saturated carbocycles. The van der Waals surface area contributed by atoms with Crippen molar-refractivity contribution >= 4 is 18.3 Å². The summed E-state index contributed by atoms with van der Waals surface area (Å²) in [6, 6.07) is 5.60. The maximum Gasteiger partial charge on any atom is 0.242 e. The third kappa shape index (κ3) is 3.84. The second kappa shape index (κ2) is 7.70. The Kier molecular flexibility index (Phi) is 6.50. The van der Waals surface area contributed by atoms with Crippen LogP contribution in [0.2, 0.25) is 0 Å². The summed E-state index contributed by atoms with van der Waals surface area (Å²) in [5, 5.41) is 0. The number of amides is 1. The Bertz CT molecular complexity index is 516. The lowest BCUT2D eigenvalue weighted by Crippen LogP contribution is -2.52. The molecule has 0 heterocycles. The summed E-state index contributed by atoms with van der Waals surface area (Å²) in [6.07, 6.45) is 3.61. The van der Waals surface area contributed by atoms with Crippen LogP contribution in [0.4, 0.5) is 0 Å². The molecule has 2 N–H and O–H groups in total. The predicted octanol–water partition coefficient (Wildman–Crippen LogP) is 2.36. The number of likely N-dealkylation sites (N-methyl/N-ethyl adjacent to an activating group) is 1.